The fourth-order valence-corrected chi connectivity index (χ4v) is 3.80. The molecule has 1 fully saturated rings. The second kappa shape index (κ2) is 10.7. The fourth-order valence-electron chi connectivity index (χ4n) is 3.80. The van der Waals surface area contributed by atoms with Gasteiger partial charge < -0.3 is 25.6 Å². The summed E-state index contributed by atoms with van der Waals surface area (Å²) in [5, 5.41) is 2.76. The molecular formula is C27H30N6O4. The Morgan fingerprint density at radius 3 is 2.16 bits per heavy atom. The topological polar surface area (TPSA) is 131 Å². The van der Waals surface area contributed by atoms with Crippen molar-refractivity contribution in [3.05, 3.63) is 72.1 Å². The zero-order chi connectivity index (χ0) is 26.6. The highest BCUT2D eigenvalue weighted by Gasteiger charge is 2.28. The van der Waals surface area contributed by atoms with Gasteiger partial charge in [0.15, 0.2) is 11.5 Å². The van der Waals surface area contributed by atoms with Gasteiger partial charge in [0.05, 0.1) is 11.9 Å². The van der Waals surface area contributed by atoms with Crippen molar-refractivity contribution >= 4 is 29.4 Å². The van der Waals surface area contributed by atoms with Crippen LogP contribution in [0.15, 0.2) is 60.8 Å². The van der Waals surface area contributed by atoms with Gasteiger partial charge in [-0.1, -0.05) is 30.3 Å². The molecule has 0 radical (unpaired) electrons. The van der Waals surface area contributed by atoms with Crippen LogP contribution in [0.5, 0.6) is 0 Å². The third kappa shape index (κ3) is 6.40. The van der Waals surface area contributed by atoms with Crippen LogP contribution < -0.4 is 11.1 Å². The Morgan fingerprint density at radius 2 is 1.54 bits per heavy atom. The molecule has 192 valence electrons. The van der Waals surface area contributed by atoms with E-state index >= 15 is 0 Å². The molecule has 3 aromatic rings. The summed E-state index contributed by atoms with van der Waals surface area (Å²) in [6.07, 6.45) is 1.12. The van der Waals surface area contributed by atoms with Crippen molar-refractivity contribution in [2.45, 2.75) is 26.4 Å². The maximum atomic E-state index is 13.0. The minimum absolute atomic E-state index is 0.0179. The van der Waals surface area contributed by atoms with Crippen molar-refractivity contribution in [3.8, 4) is 11.3 Å². The molecule has 1 aromatic heterocycles. The number of ether oxygens (including phenoxy) is 1. The average Bonchev–Trinajstić information content (AvgIpc) is 2.88. The average molecular weight is 503 g/mol. The molecule has 0 bridgehead atoms. The van der Waals surface area contributed by atoms with E-state index in [0.717, 1.165) is 0 Å². The lowest BCUT2D eigenvalue weighted by Crippen LogP contribution is -2.51. The van der Waals surface area contributed by atoms with Gasteiger partial charge in [-0.3, -0.25) is 9.59 Å². The van der Waals surface area contributed by atoms with Crippen LogP contribution in [0.4, 0.5) is 16.3 Å². The largest absolute Gasteiger partial charge is 0.444 e. The van der Waals surface area contributed by atoms with Gasteiger partial charge in [0.1, 0.15) is 5.60 Å². The number of carbonyl (C=O) groups excluding carboxylic acids is 3. The van der Waals surface area contributed by atoms with Crippen LogP contribution >= 0.6 is 0 Å². The molecule has 0 atom stereocenters. The number of aromatic nitrogens is 2. The van der Waals surface area contributed by atoms with Crippen molar-refractivity contribution < 1.29 is 19.1 Å². The second-order valence-corrected chi connectivity index (χ2v) is 9.65. The third-order valence-corrected chi connectivity index (χ3v) is 5.69. The number of para-hydroxylation sites is 1. The Kier molecular flexibility index (Phi) is 7.37. The predicted molar refractivity (Wildman–Crippen MR) is 140 cm³/mol. The summed E-state index contributed by atoms with van der Waals surface area (Å²) < 4.78 is 5.41. The summed E-state index contributed by atoms with van der Waals surface area (Å²) in [6, 6.07) is 15.9. The first-order valence-electron chi connectivity index (χ1n) is 12.0. The van der Waals surface area contributed by atoms with Gasteiger partial charge in [-0.25, -0.2) is 14.8 Å². The van der Waals surface area contributed by atoms with Gasteiger partial charge in [0, 0.05) is 43.0 Å². The van der Waals surface area contributed by atoms with Crippen LogP contribution in [0, 0.1) is 0 Å². The maximum Gasteiger partial charge on any atom is 0.410 e. The van der Waals surface area contributed by atoms with E-state index in [4.69, 9.17) is 10.5 Å². The number of anilines is 2. The van der Waals surface area contributed by atoms with Crippen LogP contribution in [-0.2, 0) is 4.74 Å². The quantitative estimate of drug-likeness (QED) is 0.556. The third-order valence-electron chi connectivity index (χ3n) is 5.69. The van der Waals surface area contributed by atoms with E-state index in [1.807, 2.05) is 39.0 Å². The van der Waals surface area contributed by atoms with Gasteiger partial charge >= 0.3 is 6.09 Å². The summed E-state index contributed by atoms with van der Waals surface area (Å²) in [5.41, 5.74) is 7.64. The first-order valence-corrected chi connectivity index (χ1v) is 12.0. The van der Waals surface area contributed by atoms with E-state index in [-0.39, 0.29) is 23.5 Å². The van der Waals surface area contributed by atoms with Crippen LogP contribution in [0.3, 0.4) is 0 Å². The Labute approximate surface area is 215 Å². The number of nitrogen functional groups attached to an aromatic ring is 1. The molecule has 10 nitrogen and oxygen atoms in total. The molecule has 0 unspecified atom stereocenters. The van der Waals surface area contributed by atoms with Crippen LogP contribution in [0.1, 0.15) is 41.6 Å². The normalized spacial score (nSPS) is 13.7. The maximum absolute atomic E-state index is 13.0. The van der Waals surface area contributed by atoms with Crippen LogP contribution in [0.25, 0.3) is 11.3 Å². The number of piperazine rings is 1. The van der Waals surface area contributed by atoms with E-state index in [0.29, 0.717) is 48.7 Å². The fraction of sp³-hybridized carbons (Fsp3) is 0.296. The molecule has 2 aromatic carbocycles. The molecule has 1 aliphatic heterocycles. The number of carbonyl (C=O) groups is 3. The van der Waals surface area contributed by atoms with Crippen LogP contribution in [0.2, 0.25) is 0 Å². The molecule has 0 aliphatic carbocycles. The van der Waals surface area contributed by atoms with Crippen molar-refractivity contribution in [2.24, 2.45) is 0 Å². The molecule has 0 spiro atoms. The number of nitrogens with zero attached hydrogens (tertiary/aromatic N) is 4. The van der Waals surface area contributed by atoms with Crippen molar-refractivity contribution in [2.75, 3.05) is 37.2 Å². The number of hydrogen-bond acceptors (Lipinski definition) is 7. The predicted octanol–water partition coefficient (Wildman–Crippen LogP) is 3.67. The summed E-state index contributed by atoms with van der Waals surface area (Å²) in [5.74, 6) is -0.563. The summed E-state index contributed by atoms with van der Waals surface area (Å²) in [7, 11) is 0. The zero-order valence-electron chi connectivity index (χ0n) is 21.1. The summed E-state index contributed by atoms with van der Waals surface area (Å²) in [6.45, 7) is 7.13. The second-order valence-electron chi connectivity index (χ2n) is 9.65. The number of rotatable bonds is 4. The van der Waals surface area contributed by atoms with Gasteiger partial charge in [-0.05, 0) is 45.0 Å². The zero-order valence-corrected chi connectivity index (χ0v) is 21.1. The highest BCUT2D eigenvalue weighted by atomic mass is 16.6. The Hall–Kier alpha value is -4.47. The molecule has 10 heteroatoms. The Morgan fingerprint density at radius 1 is 0.919 bits per heavy atom. The van der Waals surface area contributed by atoms with E-state index in [9.17, 15) is 14.4 Å². The van der Waals surface area contributed by atoms with E-state index in [1.54, 1.807) is 46.2 Å². The molecule has 1 saturated heterocycles. The van der Waals surface area contributed by atoms with Crippen molar-refractivity contribution in [1.29, 1.82) is 0 Å². The van der Waals surface area contributed by atoms with Crippen molar-refractivity contribution in [3.63, 3.8) is 0 Å². The lowest BCUT2D eigenvalue weighted by molar-refractivity contribution is 0.0141. The first-order chi connectivity index (χ1) is 17.6. The number of amides is 3. The monoisotopic (exact) mass is 502 g/mol. The van der Waals surface area contributed by atoms with Crippen LogP contribution in [-0.4, -0.2) is 69.5 Å². The molecular weight excluding hydrogens is 472 g/mol. The smallest absolute Gasteiger partial charge is 0.410 e. The van der Waals surface area contributed by atoms with Gasteiger partial charge in [-0.2, -0.15) is 0 Å². The van der Waals surface area contributed by atoms with E-state index < -0.39 is 11.5 Å². The number of nitrogens with one attached hydrogen (secondary N) is 1. The number of nitrogens with two attached hydrogens (primary N) is 1. The van der Waals surface area contributed by atoms with Gasteiger partial charge in [0.25, 0.3) is 11.8 Å². The van der Waals surface area contributed by atoms with Crippen molar-refractivity contribution in [1.82, 2.24) is 19.8 Å². The lowest BCUT2D eigenvalue weighted by atomic mass is 10.1. The summed E-state index contributed by atoms with van der Waals surface area (Å²) in [4.78, 5) is 49.8. The standard InChI is InChI=1S/C27H30N6O4/c1-27(2,3)37-26(36)33-15-13-32(14-16-33)25(35)19-11-9-18(10-12-19)21-17-29-23(28)22(31-21)24(34)30-20-7-5-4-6-8-20/h4-12,17H,13-16H2,1-3H3,(H2,28,29)(H,30,34). The van der Waals surface area contributed by atoms with Gasteiger partial charge in [-0.15, -0.1) is 0 Å². The van der Waals surface area contributed by atoms with Gasteiger partial charge in [0.2, 0.25) is 0 Å². The highest BCUT2D eigenvalue weighted by molar-refractivity contribution is 6.06. The minimum atomic E-state index is -0.562. The first kappa shape index (κ1) is 25.6. The molecule has 1 aliphatic rings. The molecule has 3 N–H and O–H groups in total. The van der Waals surface area contributed by atoms with E-state index in [2.05, 4.69) is 15.3 Å². The van der Waals surface area contributed by atoms with E-state index in [1.165, 1.54) is 6.20 Å². The number of hydrogen-bond donors (Lipinski definition) is 2. The summed E-state index contributed by atoms with van der Waals surface area (Å²) >= 11 is 0. The number of benzene rings is 2. The molecule has 4 rings (SSSR count). The molecule has 2 heterocycles. The highest BCUT2D eigenvalue weighted by Crippen LogP contribution is 2.21. The molecule has 0 saturated carbocycles. The Bertz CT molecular complexity index is 1280. The minimum Gasteiger partial charge on any atom is -0.444 e. The lowest BCUT2D eigenvalue weighted by Gasteiger charge is -2.35. The molecule has 3 amide bonds. The SMILES string of the molecule is CC(C)(C)OC(=O)N1CCN(C(=O)c2ccc(-c3cnc(N)c(C(=O)Nc4ccccc4)n3)cc2)CC1. The molecule has 37 heavy (non-hydrogen) atoms. The Balaban J connectivity index is 1.41.